The lowest BCUT2D eigenvalue weighted by molar-refractivity contribution is -0.0411. The van der Waals surface area contributed by atoms with Gasteiger partial charge >= 0.3 is 0 Å². The van der Waals surface area contributed by atoms with E-state index in [1.165, 1.54) is 41.9 Å². The van der Waals surface area contributed by atoms with Gasteiger partial charge in [0.1, 0.15) is 18.0 Å². The van der Waals surface area contributed by atoms with Crippen molar-refractivity contribution in [3.05, 3.63) is 59.9 Å². The molecule has 162 valence electrons. The molecule has 2 aliphatic rings. The highest BCUT2D eigenvalue weighted by Gasteiger charge is 2.52. The second kappa shape index (κ2) is 7.30. The van der Waals surface area contributed by atoms with E-state index in [0.717, 1.165) is 30.4 Å². The predicted octanol–water partition coefficient (Wildman–Crippen LogP) is 4.13. The van der Waals surface area contributed by atoms with E-state index in [1.807, 2.05) is 6.07 Å². The molecule has 0 bridgehead atoms. The van der Waals surface area contributed by atoms with E-state index in [1.54, 1.807) is 0 Å². The number of nitrogens with one attached hydrogen (secondary N) is 1. The van der Waals surface area contributed by atoms with Gasteiger partial charge in [0.2, 0.25) is 5.95 Å². The average Bonchev–Trinajstić information content (AvgIpc) is 3.06. The molecule has 0 atom stereocenters. The maximum absolute atomic E-state index is 13.5. The van der Waals surface area contributed by atoms with Crippen molar-refractivity contribution in [2.45, 2.75) is 26.8 Å². The second-order valence-corrected chi connectivity index (χ2v) is 9.18. The van der Waals surface area contributed by atoms with Crippen LogP contribution in [-0.4, -0.2) is 51.9 Å². The molecule has 2 aliphatic heterocycles. The molecule has 2 saturated heterocycles. The van der Waals surface area contributed by atoms with Crippen molar-refractivity contribution < 1.29 is 8.78 Å². The molecule has 8 heteroatoms. The van der Waals surface area contributed by atoms with Gasteiger partial charge in [-0.3, -0.25) is 4.90 Å². The minimum absolute atomic E-state index is 0.282. The van der Waals surface area contributed by atoms with E-state index in [2.05, 4.69) is 58.1 Å². The van der Waals surface area contributed by atoms with Crippen LogP contribution in [0.25, 0.3) is 5.69 Å². The number of aryl methyl sites for hydroxylation is 1. The van der Waals surface area contributed by atoms with Gasteiger partial charge in [0, 0.05) is 55.1 Å². The number of aromatic nitrogens is 3. The fourth-order valence-electron chi connectivity index (χ4n) is 4.59. The van der Waals surface area contributed by atoms with Crippen molar-refractivity contribution in [1.82, 2.24) is 19.7 Å². The monoisotopic (exact) mass is 424 g/mol. The fraction of sp³-hybridized carbons (Fsp3) is 0.391. The van der Waals surface area contributed by atoms with Gasteiger partial charge in [-0.05, 0) is 56.7 Å². The molecule has 6 nitrogen and oxygen atoms in total. The van der Waals surface area contributed by atoms with Crippen molar-refractivity contribution in [2.24, 2.45) is 5.41 Å². The number of likely N-dealkylation sites (tertiary alicyclic amines) is 1. The second-order valence-electron chi connectivity index (χ2n) is 9.18. The normalized spacial score (nSPS) is 17.7. The number of anilines is 3. The topological polar surface area (TPSA) is 49.2 Å². The summed E-state index contributed by atoms with van der Waals surface area (Å²) in [6.45, 7) is 11.1. The lowest BCUT2D eigenvalue weighted by Crippen LogP contribution is -2.73. The first-order valence-electron chi connectivity index (χ1n) is 10.5. The Balaban J connectivity index is 1.28. The van der Waals surface area contributed by atoms with Crippen molar-refractivity contribution in [2.75, 3.05) is 36.4 Å². The number of halogens is 2. The zero-order valence-electron chi connectivity index (χ0n) is 17.9. The molecule has 1 spiro atoms. The van der Waals surface area contributed by atoms with Crippen molar-refractivity contribution in [3.8, 4) is 5.69 Å². The Morgan fingerprint density at radius 1 is 0.935 bits per heavy atom. The smallest absolute Gasteiger partial charge is 0.246 e. The van der Waals surface area contributed by atoms with Gasteiger partial charge in [0.15, 0.2) is 0 Å². The lowest BCUT2D eigenvalue weighted by atomic mass is 9.72. The van der Waals surface area contributed by atoms with Crippen LogP contribution in [0.3, 0.4) is 0 Å². The first-order valence-corrected chi connectivity index (χ1v) is 10.5. The maximum atomic E-state index is 13.5. The van der Waals surface area contributed by atoms with Crippen LogP contribution in [0.15, 0.2) is 42.7 Å². The van der Waals surface area contributed by atoms with Gasteiger partial charge in [-0.15, -0.1) is 5.10 Å². The molecule has 3 heterocycles. The minimum atomic E-state index is -0.654. The summed E-state index contributed by atoms with van der Waals surface area (Å²) < 4.78 is 28.3. The highest BCUT2D eigenvalue weighted by Crippen LogP contribution is 2.43. The van der Waals surface area contributed by atoms with Gasteiger partial charge in [-0.25, -0.2) is 13.5 Å². The Morgan fingerprint density at radius 3 is 2.32 bits per heavy atom. The van der Waals surface area contributed by atoms with Crippen LogP contribution in [0.2, 0.25) is 0 Å². The Labute approximate surface area is 180 Å². The average molecular weight is 424 g/mol. The van der Waals surface area contributed by atoms with E-state index in [9.17, 15) is 8.78 Å². The summed E-state index contributed by atoms with van der Waals surface area (Å²) >= 11 is 0. The molecule has 2 fully saturated rings. The molecule has 5 rings (SSSR count). The van der Waals surface area contributed by atoms with Crippen LogP contribution in [-0.2, 0) is 0 Å². The van der Waals surface area contributed by atoms with E-state index in [0.29, 0.717) is 17.4 Å². The minimum Gasteiger partial charge on any atom is -0.370 e. The molecular formula is C23H26F2N6. The molecule has 2 aromatic carbocycles. The molecular weight excluding hydrogens is 398 g/mol. The molecule has 1 N–H and O–H groups in total. The highest BCUT2D eigenvalue weighted by atomic mass is 19.1. The quantitative estimate of drug-likeness (QED) is 0.668. The summed E-state index contributed by atoms with van der Waals surface area (Å²) in [5.74, 6) is -0.940. The first-order chi connectivity index (χ1) is 14.8. The first kappa shape index (κ1) is 19.9. The van der Waals surface area contributed by atoms with Crippen LogP contribution >= 0.6 is 0 Å². The van der Waals surface area contributed by atoms with Crippen LogP contribution in [0.4, 0.5) is 26.1 Å². The number of rotatable bonds is 5. The number of benzene rings is 2. The van der Waals surface area contributed by atoms with Crippen molar-refractivity contribution in [1.29, 1.82) is 0 Å². The summed E-state index contributed by atoms with van der Waals surface area (Å²) in [4.78, 5) is 9.17. The van der Waals surface area contributed by atoms with Crippen LogP contribution in [0.1, 0.15) is 19.4 Å². The van der Waals surface area contributed by atoms with E-state index < -0.39 is 11.6 Å². The van der Waals surface area contributed by atoms with E-state index >= 15 is 0 Å². The molecule has 0 radical (unpaired) electrons. The third-order valence-electron chi connectivity index (χ3n) is 6.15. The summed E-state index contributed by atoms with van der Waals surface area (Å²) in [6, 6.07) is 10.2. The summed E-state index contributed by atoms with van der Waals surface area (Å²) in [7, 11) is 0. The molecule has 0 unspecified atom stereocenters. The third kappa shape index (κ3) is 3.87. The Hall–Kier alpha value is -3.00. The van der Waals surface area contributed by atoms with E-state index in [-0.39, 0.29) is 5.69 Å². The molecule has 0 amide bonds. The Morgan fingerprint density at radius 2 is 1.65 bits per heavy atom. The van der Waals surface area contributed by atoms with Crippen molar-refractivity contribution >= 4 is 17.3 Å². The van der Waals surface area contributed by atoms with Crippen LogP contribution in [0.5, 0.6) is 0 Å². The summed E-state index contributed by atoms with van der Waals surface area (Å²) in [5.41, 5.74) is 3.94. The van der Waals surface area contributed by atoms with Gasteiger partial charge in [0.25, 0.3) is 0 Å². The lowest BCUT2D eigenvalue weighted by Gasteiger charge is -2.62. The third-order valence-corrected chi connectivity index (χ3v) is 6.15. The van der Waals surface area contributed by atoms with Gasteiger partial charge in [-0.1, -0.05) is 0 Å². The number of hydrogen-bond acceptors (Lipinski definition) is 5. The maximum Gasteiger partial charge on any atom is 0.246 e. The largest absolute Gasteiger partial charge is 0.370 e. The summed E-state index contributed by atoms with van der Waals surface area (Å²) in [6.07, 6.45) is 1.43. The predicted molar refractivity (Wildman–Crippen MR) is 117 cm³/mol. The highest BCUT2D eigenvalue weighted by molar-refractivity contribution is 5.65. The standard InChI is InChI=1S/C23H26F2N6/c1-15(2)29-10-23(11-29)12-30(13-23)20-5-16(3)4-19(9-20)27-22-26-14-31(28-22)21-7-17(24)6-18(25)8-21/h4-9,14-15H,10-13H2,1-3H3,(H,27,28). The van der Waals surface area contributed by atoms with Gasteiger partial charge in [-0.2, -0.15) is 4.98 Å². The SMILES string of the molecule is Cc1cc(Nc2ncn(-c3cc(F)cc(F)c3)n2)cc(N2CC3(C2)CN(C(C)C)C3)c1. The Kier molecular flexibility index (Phi) is 4.69. The van der Waals surface area contributed by atoms with Gasteiger partial charge in [0.05, 0.1) is 5.69 Å². The van der Waals surface area contributed by atoms with E-state index in [4.69, 9.17) is 0 Å². The fourth-order valence-corrected chi connectivity index (χ4v) is 4.59. The van der Waals surface area contributed by atoms with Crippen LogP contribution < -0.4 is 10.2 Å². The van der Waals surface area contributed by atoms with Gasteiger partial charge < -0.3 is 10.2 Å². The molecule has 0 saturated carbocycles. The van der Waals surface area contributed by atoms with Crippen LogP contribution in [0, 0.1) is 24.0 Å². The molecule has 31 heavy (non-hydrogen) atoms. The van der Waals surface area contributed by atoms with Crippen molar-refractivity contribution in [3.63, 3.8) is 0 Å². The Bertz CT molecular complexity index is 1090. The molecule has 0 aliphatic carbocycles. The molecule has 3 aromatic rings. The summed E-state index contributed by atoms with van der Waals surface area (Å²) in [5, 5.41) is 7.52. The molecule has 1 aromatic heterocycles. The zero-order valence-corrected chi connectivity index (χ0v) is 17.9. The number of hydrogen-bond donors (Lipinski definition) is 1. The number of nitrogens with zero attached hydrogens (tertiary/aromatic N) is 5. The zero-order chi connectivity index (χ0) is 21.8.